The van der Waals surface area contributed by atoms with Crippen LogP contribution in [0.3, 0.4) is 0 Å². The Kier molecular flexibility index (Phi) is 9.62. The predicted molar refractivity (Wildman–Crippen MR) is 128 cm³/mol. The summed E-state index contributed by atoms with van der Waals surface area (Å²) in [6, 6.07) is 7.68. The van der Waals surface area contributed by atoms with E-state index in [4.69, 9.17) is 9.47 Å². The van der Waals surface area contributed by atoms with Gasteiger partial charge in [0.25, 0.3) is 0 Å². The number of ether oxygens (including phenoxy) is 2. The molecule has 2 aromatic rings. The molecule has 6 nitrogen and oxygen atoms in total. The molecule has 1 aliphatic heterocycles. The molecule has 3 rings (SSSR count). The van der Waals surface area contributed by atoms with Crippen LogP contribution in [0.15, 0.2) is 61.0 Å². The third kappa shape index (κ3) is 7.23. The largest absolute Gasteiger partial charge is 0.491 e. The molecule has 33 heavy (non-hydrogen) atoms. The molecule has 0 radical (unpaired) electrons. The predicted octanol–water partition coefficient (Wildman–Crippen LogP) is 3.44. The molecule has 0 unspecified atom stereocenters. The Morgan fingerprint density at radius 1 is 1.30 bits per heavy atom. The van der Waals surface area contributed by atoms with Crippen LogP contribution in [0.4, 0.5) is 4.39 Å². The molecule has 2 heterocycles. The molecule has 0 saturated heterocycles. The summed E-state index contributed by atoms with van der Waals surface area (Å²) in [4.78, 5) is 18.3. The van der Waals surface area contributed by atoms with Gasteiger partial charge in [0.1, 0.15) is 18.2 Å². The number of carbonyl (C=O) groups is 1. The molecule has 1 aromatic heterocycles. The van der Waals surface area contributed by atoms with Gasteiger partial charge in [0.2, 0.25) is 5.91 Å². The van der Waals surface area contributed by atoms with E-state index < -0.39 is 6.10 Å². The second-order valence-corrected chi connectivity index (χ2v) is 8.88. The van der Waals surface area contributed by atoms with E-state index in [0.29, 0.717) is 32.0 Å². The Morgan fingerprint density at radius 2 is 2.09 bits per heavy atom. The number of aliphatic hydroxyl groups excluding tert-OH is 1. The average Bonchev–Trinajstić information content (AvgIpc) is 3.28. The lowest BCUT2D eigenvalue weighted by atomic mass is 10.0. The van der Waals surface area contributed by atoms with E-state index in [1.165, 1.54) is 17.0 Å². The molecule has 1 N–H and O–H groups in total. The molecule has 0 spiro atoms. The SMILES string of the molecule is C=CCOC[C@H](O)CN(CC=C)CC(=O)N1CCc2sccc2[C@@H]1COc1ccc(F)cc1. The Bertz CT molecular complexity index is 917. The van der Waals surface area contributed by atoms with Gasteiger partial charge in [-0.25, -0.2) is 4.39 Å². The molecule has 178 valence electrons. The first kappa shape index (κ1) is 25.1. The van der Waals surface area contributed by atoms with E-state index in [-0.39, 0.29) is 37.5 Å². The maximum atomic E-state index is 13.3. The minimum atomic E-state index is -0.722. The number of hydrogen-bond donors (Lipinski definition) is 1. The zero-order valence-corrected chi connectivity index (χ0v) is 19.5. The topological polar surface area (TPSA) is 62.2 Å². The van der Waals surface area contributed by atoms with Gasteiger partial charge in [0.15, 0.2) is 0 Å². The first-order valence-corrected chi connectivity index (χ1v) is 11.8. The van der Waals surface area contributed by atoms with Crippen molar-refractivity contribution in [3.63, 3.8) is 0 Å². The molecule has 1 aliphatic rings. The van der Waals surface area contributed by atoms with Gasteiger partial charge in [0, 0.05) is 24.5 Å². The summed E-state index contributed by atoms with van der Waals surface area (Å²) in [7, 11) is 0. The van der Waals surface area contributed by atoms with Gasteiger partial charge in [-0.15, -0.1) is 24.5 Å². The summed E-state index contributed by atoms with van der Waals surface area (Å²) < 4.78 is 24.5. The minimum absolute atomic E-state index is 0.0411. The summed E-state index contributed by atoms with van der Waals surface area (Å²) in [5.41, 5.74) is 1.09. The average molecular weight is 475 g/mol. The normalized spacial score (nSPS) is 16.3. The number of halogens is 1. The van der Waals surface area contributed by atoms with Crippen molar-refractivity contribution in [2.75, 3.05) is 46.0 Å². The highest BCUT2D eigenvalue weighted by molar-refractivity contribution is 7.10. The number of rotatable bonds is 13. The van der Waals surface area contributed by atoms with Gasteiger partial charge in [-0.2, -0.15) is 0 Å². The van der Waals surface area contributed by atoms with Crippen LogP contribution in [0.25, 0.3) is 0 Å². The Balaban J connectivity index is 1.67. The maximum absolute atomic E-state index is 13.3. The molecule has 1 amide bonds. The van der Waals surface area contributed by atoms with Gasteiger partial charge >= 0.3 is 0 Å². The van der Waals surface area contributed by atoms with Crippen LogP contribution in [0.1, 0.15) is 16.5 Å². The van der Waals surface area contributed by atoms with E-state index in [1.54, 1.807) is 35.6 Å². The standard InChI is InChI=1S/C25H31FN2O4S/c1-3-11-27(15-20(29)17-31-13-4-2)16-25(30)28-12-9-24-22(10-14-33-24)23(28)18-32-21-7-5-19(26)6-8-21/h3-8,10,14,20,23,29H,1-2,9,11-13,15-18H2/t20-,23+/m1/s1. The molecule has 0 bridgehead atoms. The highest BCUT2D eigenvalue weighted by Crippen LogP contribution is 2.34. The minimum Gasteiger partial charge on any atom is -0.491 e. The number of benzene rings is 1. The molecule has 0 aliphatic carbocycles. The van der Waals surface area contributed by atoms with E-state index in [1.807, 2.05) is 21.2 Å². The van der Waals surface area contributed by atoms with Gasteiger partial charge < -0.3 is 19.5 Å². The van der Waals surface area contributed by atoms with Crippen LogP contribution in [-0.4, -0.2) is 72.9 Å². The number of carbonyl (C=O) groups excluding carboxylic acids is 1. The van der Waals surface area contributed by atoms with Crippen molar-refractivity contribution in [3.05, 3.63) is 77.3 Å². The molecular formula is C25H31FN2O4S. The van der Waals surface area contributed by atoms with Gasteiger partial charge in [0.05, 0.1) is 31.9 Å². The Labute approximate surface area is 198 Å². The molecule has 0 saturated carbocycles. The Hall–Kier alpha value is -2.52. The van der Waals surface area contributed by atoms with Crippen molar-refractivity contribution in [3.8, 4) is 5.75 Å². The lowest BCUT2D eigenvalue weighted by Crippen LogP contribution is -2.48. The number of amides is 1. The maximum Gasteiger partial charge on any atom is 0.237 e. The van der Waals surface area contributed by atoms with Crippen molar-refractivity contribution < 1.29 is 23.8 Å². The summed E-state index contributed by atoms with van der Waals surface area (Å²) in [6.07, 6.45) is 3.42. The summed E-state index contributed by atoms with van der Waals surface area (Å²) in [5.74, 6) is 0.194. The fourth-order valence-electron chi connectivity index (χ4n) is 3.89. The zero-order valence-electron chi connectivity index (χ0n) is 18.7. The van der Waals surface area contributed by atoms with Crippen molar-refractivity contribution in [2.45, 2.75) is 18.6 Å². The van der Waals surface area contributed by atoms with Crippen molar-refractivity contribution in [1.29, 1.82) is 0 Å². The highest BCUT2D eigenvalue weighted by atomic mass is 32.1. The van der Waals surface area contributed by atoms with Gasteiger partial charge in [-0.3, -0.25) is 9.69 Å². The van der Waals surface area contributed by atoms with E-state index in [0.717, 1.165) is 12.0 Å². The lowest BCUT2D eigenvalue weighted by molar-refractivity contribution is -0.136. The fourth-order valence-corrected chi connectivity index (χ4v) is 4.82. The number of aliphatic hydroxyl groups is 1. The highest BCUT2D eigenvalue weighted by Gasteiger charge is 2.33. The fraction of sp³-hybridized carbons (Fsp3) is 0.400. The molecule has 1 aromatic carbocycles. The van der Waals surface area contributed by atoms with Crippen LogP contribution in [0, 0.1) is 5.82 Å². The summed E-state index contributed by atoms with van der Waals surface area (Å²) in [6.45, 7) is 9.69. The first-order chi connectivity index (χ1) is 16.0. The molecular weight excluding hydrogens is 443 g/mol. The van der Waals surface area contributed by atoms with Crippen molar-refractivity contribution in [1.82, 2.24) is 9.80 Å². The second-order valence-electron chi connectivity index (χ2n) is 7.88. The number of fused-ring (bicyclic) bond motifs is 1. The lowest BCUT2D eigenvalue weighted by Gasteiger charge is -2.37. The number of nitrogens with zero attached hydrogens (tertiary/aromatic N) is 2. The van der Waals surface area contributed by atoms with E-state index in [2.05, 4.69) is 13.2 Å². The number of hydrogen-bond acceptors (Lipinski definition) is 6. The molecule has 8 heteroatoms. The first-order valence-electron chi connectivity index (χ1n) is 11.0. The summed E-state index contributed by atoms with van der Waals surface area (Å²) in [5, 5.41) is 12.3. The van der Waals surface area contributed by atoms with Gasteiger partial charge in [-0.05, 0) is 47.7 Å². The van der Waals surface area contributed by atoms with Crippen LogP contribution in [-0.2, 0) is 16.0 Å². The third-order valence-corrected chi connectivity index (χ3v) is 6.39. The molecule has 0 fully saturated rings. The van der Waals surface area contributed by atoms with Crippen molar-refractivity contribution >= 4 is 17.2 Å². The van der Waals surface area contributed by atoms with E-state index in [9.17, 15) is 14.3 Å². The monoisotopic (exact) mass is 474 g/mol. The van der Waals surface area contributed by atoms with Crippen LogP contribution >= 0.6 is 11.3 Å². The molecule has 2 atom stereocenters. The van der Waals surface area contributed by atoms with Crippen molar-refractivity contribution in [2.24, 2.45) is 0 Å². The smallest absolute Gasteiger partial charge is 0.237 e. The Morgan fingerprint density at radius 3 is 2.82 bits per heavy atom. The summed E-state index contributed by atoms with van der Waals surface area (Å²) >= 11 is 1.69. The third-order valence-electron chi connectivity index (χ3n) is 5.40. The van der Waals surface area contributed by atoms with Crippen LogP contribution in [0.5, 0.6) is 5.75 Å². The second kappa shape index (κ2) is 12.6. The van der Waals surface area contributed by atoms with Crippen LogP contribution in [0.2, 0.25) is 0 Å². The van der Waals surface area contributed by atoms with Crippen LogP contribution < -0.4 is 4.74 Å². The quantitative estimate of drug-likeness (QED) is 0.356. The zero-order chi connectivity index (χ0) is 23.6. The van der Waals surface area contributed by atoms with E-state index >= 15 is 0 Å². The number of thiophene rings is 1. The van der Waals surface area contributed by atoms with Gasteiger partial charge in [-0.1, -0.05) is 12.2 Å².